The molecule has 0 saturated heterocycles. The van der Waals surface area contributed by atoms with Crippen molar-refractivity contribution in [2.75, 3.05) is 11.5 Å². The Morgan fingerprint density at radius 2 is 2.17 bits per heavy atom. The maximum atomic E-state index is 5.70. The zero-order valence-electron chi connectivity index (χ0n) is 6.65. The van der Waals surface area contributed by atoms with E-state index in [1.54, 1.807) is 16.8 Å². The van der Waals surface area contributed by atoms with Crippen LogP contribution in [-0.4, -0.2) is 14.4 Å². The first-order chi connectivity index (χ1) is 5.68. The molecule has 0 spiro atoms. The second-order valence-electron chi connectivity index (χ2n) is 2.65. The van der Waals surface area contributed by atoms with Gasteiger partial charge in [0.25, 0.3) is 0 Å². The van der Waals surface area contributed by atoms with Gasteiger partial charge in [-0.3, -0.25) is 4.40 Å². The van der Waals surface area contributed by atoms with Gasteiger partial charge in [-0.05, 0) is 6.92 Å². The minimum atomic E-state index is 0.408. The van der Waals surface area contributed by atoms with Crippen LogP contribution in [0.3, 0.4) is 0 Å². The zero-order chi connectivity index (χ0) is 8.72. The predicted octanol–water partition coefficient (Wildman–Crippen LogP) is 0.202. The monoisotopic (exact) mass is 163 g/mol. The highest BCUT2D eigenvalue weighted by atomic mass is 15.1. The van der Waals surface area contributed by atoms with E-state index in [1.807, 2.05) is 6.92 Å². The van der Waals surface area contributed by atoms with Crippen molar-refractivity contribution in [2.24, 2.45) is 0 Å². The van der Waals surface area contributed by atoms with Crippen LogP contribution in [-0.2, 0) is 0 Å². The number of aromatic nitrogens is 3. The van der Waals surface area contributed by atoms with Gasteiger partial charge in [0.1, 0.15) is 12.1 Å². The number of aryl methyl sites for hydroxylation is 1. The Balaban J connectivity index is 2.92. The molecule has 2 heterocycles. The van der Waals surface area contributed by atoms with Gasteiger partial charge in [-0.25, -0.2) is 9.97 Å². The number of hydrogen-bond acceptors (Lipinski definition) is 4. The van der Waals surface area contributed by atoms with Crippen molar-refractivity contribution >= 4 is 17.3 Å². The van der Waals surface area contributed by atoms with Crippen molar-refractivity contribution < 1.29 is 0 Å². The van der Waals surface area contributed by atoms with E-state index in [1.165, 1.54) is 0 Å². The van der Waals surface area contributed by atoms with Crippen molar-refractivity contribution in [3.8, 4) is 0 Å². The minimum absolute atomic E-state index is 0.408. The molecule has 0 saturated carbocycles. The lowest BCUT2D eigenvalue weighted by Gasteiger charge is -1.99. The maximum absolute atomic E-state index is 5.70. The fourth-order valence-electron chi connectivity index (χ4n) is 1.14. The molecule has 5 nitrogen and oxygen atoms in total. The van der Waals surface area contributed by atoms with Gasteiger partial charge in [0, 0.05) is 11.8 Å². The summed E-state index contributed by atoms with van der Waals surface area (Å²) in [5.41, 5.74) is 12.7. The van der Waals surface area contributed by atoms with Gasteiger partial charge >= 0.3 is 0 Å². The first-order valence-corrected chi connectivity index (χ1v) is 3.54. The average molecular weight is 163 g/mol. The molecular formula is C7H9N5. The van der Waals surface area contributed by atoms with Gasteiger partial charge in [0.05, 0.1) is 0 Å². The quantitative estimate of drug-likeness (QED) is 0.581. The molecular weight excluding hydrogens is 154 g/mol. The van der Waals surface area contributed by atoms with Crippen molar-refractivity contribution in [1.82, 2.24) is 14.4 Å². The van der Waals surface area contributed by atoms with E-state index in [2.05, 4.69) is 9.97 Å². The van der Waals surface area contributed by atoms with Gasteiger partial charge in [-0.2, -0.15) is 0 Å². The summed E-state index contributed by atoms with van der Waals surface area (Å²) >= 11 is 0. The molecule has 0 fully saturated rings. The molecule has 0 unspecified atom stereocenters. The number of nitrogens with two attached hydrogens (primary N) is 2. The Bertz CT molecular complexity index is 431. The highest BCUT2D eigenvalue weighted by molar-refractivity contribution is 5.63. The van der Waals surface area contributed by atoms with Crippen LogP contribution in [0.1, 0.15) is 5.69 Å². The normalized spacial score (nSPS) is 10.8. The molecule has 4 N–H and O–H groups in total. The number of nitrogen functional groups attached to an aromatic ring is 2. The van der Waals surface area contributed by atoms with Crippen molar-refractivity contribution in [3.63, 3.8) is 0 Å². The Labute approximate surface area is 69.0 Å². The molecule has 0 radical (unpaired) electrons. The maximum Gasteiger partial charge on any atom is 0.182 e. The standard InChI is InChI=1S/C7H9N5/c1-4-2-5(8)12-3-10-6(9)7(12)11-4/h2-3H,8-9H2,1H3. The second kappa shape index (κ2) is 2.10. The topological polar surface area (TPSA) is 82.2 Å². The Hall–Kier alpha value is -1.78. The molecule has 0 aliphatic carbocycles. The van der Waals surface area contributed by atoms with Crippen LogP contribution in [0, 0.1) is 6.92 Å². The Morgan fingerprint density at radius 3 is 2.92 bits per heavy atom. The predicted molar refractivity (Wildman–Crippen MR) is 46.5 cm³/mol. The summed E-state index contributed by atoms with van der Waals surface area (Å²) in [6.07, 6.45) is 1.56. The van der Waals surface area contributed by atoms with Crippen molar-refractivity contribution in [3.05, 3.63) is 18.1 Å². The lowest BCUT2D eigenvalue weighted by Crippen LogP contribution is -1.99. The van der Waals surface area contributed by atoms with Gasteiger partial charge < -0.3 is 11.5 Å². The Morgan fingerprint density at radius 1 is 1.42 bits per heavy atom. The highest BCUT2D eigenvalue weighted by Crippen LogP contribution is 2.13. The fraction of sp³-hybridized carbons (Fsp3) is 0.143. The molecule has 0 aromatic carbocycles. The molecule has 0 amide bonds. The molecule has 0 aliphatic heterocycles. The van der Waals surface area contributed by atoms with E-state index in [0.29, 0.717) is 17.3 Å². The first-order valence-electron chi connectivity index (χ1n) is 3.54. The summed E-state index contributed by atoms with van der Waals surface area (Å²) < 4.78 is 1.66. The number of imidazole rings is 1. The molecule has 0 bridgehead atoms. The van der Waals surface area contributed by atoms with Gasteiger partial charge in [0.15, 0.2) is 11.5 Å². The first kappa shape index (κ1) is 6.90. The molecule has 0 atom stereocenters. The second-order valence-corrected chi connectivity index (χ2v) is 2.65. The molecule has 12 heavy (non-hydrogen) atoms. The molecule has 2 aromatic heterocycles. The zero-order valence-corrected chi connectivity index (χ0v) is 6.65. The lowest BCUT2D eigenvalue weighted by atomic mass is 10.4. The summed E-state index contributed by atoms with van der Waals surface area (Å²) in [5, 5.41) is 0. The number of anilines is 2. The van der Waals surface area contributed by atoms with E-state index in [0.717, 1.165) is 5.69 Å². The summed E-state index contributed by atoms with van der Waals surface area (Å²) in [5.74, 6) is 1.01. The largest absolute Gasteiger partial charge is 0.385 e. The number of fused-ring (bicyclic) bond motifs is 1. The third-order valence-corrected chi connectivity index (χ3v) is 1.69. The Kier molecular flexibility index (Phi) is 1.21. The lowest BCUT2D eigenvalue weighted by molar-refractivity contribution is 1.09. The molecule has 2 rings (SSSR count). The average Bonchev–Trinajstić information content (AvgIpc) is 2.33. The van der Waals surface area contributed by atoms with Crippen LogP contribution < -0.4 is 11.5 Å². The van der Waals surface area contributed by atoms with E-state index < -0.39 is 0 Å². The van der Waals surface area contributed by atoms with Gasteiger partial charge in [-0.15, -0.1) is 0 Å². The number of rotatable bonds is 0. The third-order valence-electron chi connectivity index (χ3n) is 1.69. The number of hydrogen-bond donors (Lipinski definition) is 2. The molecule has 62 valence electrons. The summed E-state index contributed by atoms with van der Waals surface area (Å²) in [6.45, 7) is 1.86. The van der Waals surface area contributed by atoms with Crippen LogP contribution in [0.2, 0.25) is 0 Å². The van der Waals surface area contributed by atoms with Crippen LogP contribution in [0.5, 0.6) is 0 Å². The minimum Gasteiger partial charge on any atom is -0.385 e. The molecule has 2 aromatic rings. The molecule has 0 aliphatic rings. The van der Waals surface area contributed by atoms with Crippen LogP contribution in [0.4, 0.5) is 11.6 Å². The summed E-state index contributed by atoms with van der Waals surface area (Å²) in [6, 6.07) is 1.77. The summed E-state index contributed by atoms with van der Waals surface area (Å²) in [4.78, 5) is 8.09. The number of nitrogens with zero attached hydrogens (tertiary/aromatic N) is 3. The van der Waals surface area contributed by atoms with Crippen molar-refractivity contribution in [2.45, 2.75) is 6.92 Å². The SMILES string of the molecule is Cc1cc(N)n2cnc(N)c2n1. The van der Waals surface area contributed by atoms with E-state index in [-0.39, 0.29) is 0 Å². The van der Waals surface area contributed by atoms with E-state index in [9.17, 15) is 0 Å². The van der Waals surface area contributed by atoms with E-state index in [4.69, 9.17) is 11.5 Å². The fourth-order valence-corrected chi connectivity index (χ4v) is 1.14. The molecule has 5 heteroatoms. The smallest absolute Gasteiger partial charge is 0.182 e. The van der Waals surface area contributed by atoms with Crippen molar-refractivity contribution in [1.29, 1.82) is 0 Å². The van der Waals surface area contributed by atoms with Gasteiger partial charge in [0.2, 0.25) is 0 Å². The van der Waals surface area contributed by atoms with E-state index >= 15 is 0 Å². The van der Waals surface area contributed by atoms with Crippen LogP contribution in [0.15, 0.2) is 12.4 Å². The summed E-state index contributed by atoms with van der Waals surface area (Å²) in [7, 11) is 0. The third kappa shape index (κ3) is 0.795. The van der Waals surface area contributed by atoms with Crippen LogP contribution in [0.25, 0.3) is 5.65 Å². The highest BCUT2D eigenvalue weighted by Gasteiger charge is 2.04. The van der Waals surface area contributed by atoms with Gasteiger partial charge in [-0.1, -0.05) is 0 Å². The van der Waals surface area contributed by atoms with Crippen LogP contribution >= 0.6 is 0 Å².